The van der Waals surface area contributed by atoms with Gasteiger partial charge in [-0.1, -0.05) is 19.4 Å². The molecule has 0 saturated carbocycles. The topological polar surface area (TPSA) is 99.9 Å². The molecule has 0 aliphatic heterocycles. The van der Waals surface area contributed by atoms with Crippen molar-refractivity contribution in [2.24, 2.45) is 5.73 Å². The van der Waals surface area contributed by atoms with Gasteiger partial charge in [0, 0.05) is 0 Å². The van der Waals surface area contributed by atoms with Gasteiger partial charge in [-0.3, -0.25) is 9.59 Å². The molecule has 0 bridgehead atoms. The highest BCUT2D eigenvalue weighted by atomic mass is 35.5. The third kappa shape index (κ3) is 6.80. The summed E-state index contributed by atoms with van der Waals surface area (Å²) < 4.78 is 15.2. The van der Waals surface area contributed by atoms with Crippen molar-refractivity contribution >= 4 is 24.3 Å². The summed E-state index contributed by atoms with van der Waals surface area (Å²) in [4.78, 5) is 23.9. The number of benzene rings is 1. The SMILES string of the molecule is CCCC(N)C(=O)NC(CC(=O)OC)c1ccc(OC)c(OC)c1.Cl. The van der Waals surface area contributed by atoms with E-state index in [1.165, 1.54) is 21.3 Å². The van der Waals surface area contributed by atoms with Crippen LogP contribution in [0.4, 0.5) is 0 Å². The average molecular weight is 375 g/mol. The normalized spacial score (nSPS) is 12.4. The number of methoxy groups -OCH3 is 3. The number of amides is 1. The van der Waals surface area contributed by atoms with Crippen LogP contribution in [0.25, 0.3) is 0 Å². The van der Waals surface area contributed by atoms with Crippen LogP contribution in [-0.4, -0.2) is 39.2 Å². The molecule has 0 aliphatic rings. The number of ether oxygens (including phenoxy) is 3. The Morgan fingerprint density at radius 1 is 1.16 bits per heavy atom. The zero-order chi connectivity index (χ0) is 18.1. The predicted octanol–water partition coefficient (Wildman–Crippen LogP) is 1.97. The summed E-state index contributed by atoms with van der Waals surface area (Å²) in [5.41, 5.74) is 6.55. The highest BCUT2D eigenvalue weighted by Gasteiger charge is 2.23. The Balaban J connectivity index is 0.00000576. The van der Waals surface area contributed by atoms with E-state index in [1.807, 2.05) is 6.92 Å². The van der Waals surface area contributed by atoms with Gasteiger partial charge in [-0.05, 0) is 24.1 Å². The third-order valence-electron chi connectivity index (χ3n) is 3.66. The molecule has 0 aromatic heterocycles. The maximum atomic E-state index is 12.2. The van der Waals surface area contributed by atoms with Crippen molar-refractivity contribution in [1.29, 1.82) is 0 Å². The van der Waals surface area contributed by atoms with Crippen LogP contribution in [-0.2, 0) is 14.3 Å². The van der Waals surface area contributed by atoms with Gasteiger partial charge in [0.05, 0.1) is 39.8 Å². The molecular formula is C17H27ClN2O5. The van der Waals surface area contributed by atoms with Crippen LogP contribution in [0.2, 0.25) is 0 Å². The van der Waals surface area contributed by atoms with E-state index in [4.69, 9.17) is 19.9 Å². The van der Waals surface area contributed by atoms with E-state index >= 15 is 0 Å². The van der Waals surface area contributed by atoms with Gasteiger partial charge in [0.25, 0.3) is 0 Å². The summed E-state index contributed by atoms with van der Waals surface area (Å²) in [7, 11) is 4.36. The first-order valence-electron chi connectivity index (χ1n) is 7.81. The van der Waals surface area contributed by atoms with Gasteiger partial charge in [-0.25, -0.2) is 0 Å². The van der Waals surface area contributed by atoms with Gasteiger partial charge in [0.1, 0.15) is 0 Å². The lowest BCUT2D eigenvalue weighted by atomic mass is 10.0. The first kappa shape index (κ1) is 23.0. The van der Waals surface area contributed by atoms with Crippen molar-refractivity contribution < 1.29 is 23.8 Å². The Labute approximate surface area is 154 Å². The monoisotopic (exact) mass is 374 g/mol. The molecule has 142 valence electrons. The summed E-state index contributed by atoms with van der Waals surface area (Å²) in [5, 5.41) is 2.81. The molecule has 2 atom stereocenters. The van der Waals surface area contributed by atoms with Crippen LogP contribution in [0, 0.1) is 0 Å². The summed E-state index contributed by atoms with van der Waals surface area (Å²) in [5.74, 6) is 0.337. The van der Waals surface area contributed by atoms with Crippen molar-refractivity contribution in [2.75, 3.05) is 21.3 Å². The maximum Gasteiger partial charge on any atom is 0.307 e. The van der Waals surface area contributed by atoms with Gasteiger partial charge < -0.3 is 25.3 Å². The quantitative estimate of drug-likeness (QED) is 0.641. The van der Waals surface area contributed by atoms with Crippen LogP contribution in [0.15, 0.2) is 18.2 Å². The Morgan fingerprint density at radius 3 is 2.32 bits per heavy atom. The van der Waals surface area contributed by atoms with E-state index < -0.39 is 18.1 Å². The summed E-state index contributed by atoms with van der Waals surface area (Å²) in [6.45, 7) is 1.95. The largest absolute Gasteiger partial charge is 0.493 e. The molecule has 1 rings (SSSR count). The minimum Gasteiger partial charge on any atom is -0.493 e. The fraction of sp³-hybridized carbons (Fsp3) is 0.529. The molecule has 0 aliphatic carbocycles. The number of hydrogen-bond donors (Lipinski definition) is 2. The van der Waals surface area contributed by atoms with Gasteiger partial charge >= 0.3 is 5.97 Å². The van der Waals surface area contributed by atoms with Crippen molar-refractivity contribution in [3.63, 3.8) is 0 Å². The van der Waals surface area contributed by atoms with Gasteiger partial charge in [-0.2, -0.15) is 0 Å². The number of esters is 1. The molecule has 25 heavy (non-hydrogen) atoms. The molecule has 8 heteroatoms. The van der Waals surface area contributed by atoms with E-state index in [1.54, 1.807) is 18.2 Å². The molecular weight excluding hydrogens is 348 g/mol. The average Bonchev–Trinajstić information content (AvgIpc) is 2.60. The van der Waals surface area contributed by atoms with Gasteiger partial charge in [-0.15, -0.1) is 12.4 Å². The fourth-order valence-corrected chi connectivity index (χ4v) is 2.29. The van der Waals surface area contributed by atoms with E-state index in [9.17, 15) is 9.59 Å². The highest BCUT2D eigenvalue weighted by molar-refractivity contribution is 5.85. The van der Waals surface area contributed by atoms with E-state index in [0.29, 0.717) is 23.5 Å². The number of hydrogen-bond acceptors (Lipinski definition) is 6. The molecule has 3 N–H and O–H groups in total. The van der Waals surface area contributed by atoms with E-state index in [2.05, 4.69) is 5.32 Å². The first-order chi connectivity index (χ1) is 11.5. The molecule has 7 nitrogen and oxygen atoms in total. The molecule has 2 unspecified atom stereocenters. The lowest BCUT2D eigenvalue weighted by molar-refractivity contribution is -0.141. The van der Waals surface area contributed by atoms with Crippen LogP contribution in [0.1, 0.15) is 37.8 Å². The number of rotatable bonds is 9. The van der Waals surface area contributed by atoms with Crippen LogP contribution in [0.3, 0.4) is 0 Å². The second-order valence-electron chi connectivity index (χ2n) is 5.35. The number of carbonyl (C=O) groups is 2. The van der Waals surface area contributed by atoms with Gasteiger partial charge in [0.15, 0.2) is 11.5 Å². The van der Waals surface area contributed by atoms with Gasteiger partial charge in [0.2, 0.25) is 5.91 Å². The molecule has 1 aromatic carbocycles. The standard InChI is InChI=1S/C17H26N2O5.ClH/c1-5-6-12(18)17(21)19-13(10-16(20)24-4)11-7-8-14(22-2)15(9-11)23-3;/h7-9,12-13H,5-6,10,18H2,1-4H3,(H,19,21);1H. The molecule has 1 amide bonds. The summed E-state index contributed by atoms with van der Waals surface area (Å²) in [6.07, 6.45) is 1.37. The minimum atomic E-state index is -0.615. The lowest BCUT2D eigenvalue weighted by Gasteiger charge is -2.21. The van der Waals surface area contributed by atoms with Crippen LogP contribution >= 0.6 is 12.4 Å². The van der Waals surface area contributed by atoms with E-state index in [0.717, 1.165) is 6.42 Å². The molecule has 0 spiro atoms. The van der Waals surface area contributed by atoms with E-state index in [-0.39, 0.29) is 24.7 Å². The number of halogens is 1. The van der Waals surface area contributed by atoms with Crippen LogP contribution < -0.4 is 20.5 Å². The first-order valence-corrected chi connectivity index (χ1v) is 7.81. The molecule has 1 aromatic rings. The zero-order valence-corrected chi connectivity index (χ0v) is 15.9. The Bertz CT molecular complexity index is 568. The molecule has 0 heterocycles. The number of nitrogens with one attached hydrogen (secondary N) is 1. The van der Waals surface area contributed by atoms with Crippen molar-refractivity contribution in [3.05, 3.63) is 23.8 Å². The van der Waals surface area contributed by atoms with Crippen molar-refractivity contribution in [1.82, 2.24) is 5.32 Å². The second-order valence-corrected chi connectivity index (χ2v) is 5.35. The smallest absolute Gasteiger partial charge is 0.307 e. The predicted molar refractivity (Wildman–Crippen MR) is 97.2 cm³/mol. The second kappa shape index (κ2) is 11.5. The fourth-order valence-electron chi connectivity index (χ4n) is 2.29. The van der Waals surface area contributed by atoms with Crippen LogP contribution in [0.5, 0.6) is 11.5 Å². The highest BCUT2D eigenvalue weighted by Crippen LogP contribution is 2.31. The summed E-state index contributed by atoms with van der Waals surface area (Å²) >= 11 is 0. The van der Waals surface area contributed by atoms with Crippen molar-refractivity contribution in [3.8, 4) is 11.5 Å². The number of nitrogens with two attached hydrogens (primary N) is 1. The Morgan fingerprint density at radius 2 is 1.80 bits per heavy atom. The number of carbonyl (C=O) groups excluding carboxylic acids is 2. The maximum absolute atomic E-state index is 12.2. The van der Waals surface area contributed by atoms with Crippen molar-refractivity contribution in [2.45, 2.75) is 38.3 Å². The zero-order valence-electron chi connectivity index (χ0n) is 15.0. The Kier molecular flexibility index (Phi) is 10.6. The minimum absolute atomic E-state index is 0. The lowest BCUT2D eigenvalue weighted by Crippen LogP contribution is -2.42. The Hall–Kier alpha value is -1.99. The molecule has 0 fully saturated rings. The third-order valence-corrected chi connectivity index (χ3v) is 3.66. The molecule has 0 radical (unpaired) electrons. The molecule has 0 saturated heterocycles. The summed E-state index contributed by atoms with van der Waals surface area (Å²) in [6, 6.07) is 4.03.